The monoisotopic (exact) mass is 306 g/mol. The molecule has 0 atom stereocenters. The Kier molecular flexibility index (Phi) is 5.44. The van der Waals surface area contributed by atoms with Gasteiger partial charge in [0.15, 0.2) is 0 Å². The number of nitrogens with zero attached hydrogens (tertiary/aromatic N) is 1. The highest BCUT2D eigenvalue weighted by Gasteiger charge is 2.13. The molecule has 0 aliphatic carbocycles. The summed E-state index contributed by atoms with van der Waals surface area (Å²) in [5.41, 5.74) is 9.35. The van der Waals surface area contributed by atoms with E-state index in [0.29, 0.717) is 23.8 Å². The van der Waals surface area contributed by atoms with E-state index in [1.165, 1.54) is 0 Å². The summed E-state index contributed by atoms with van der Waals surface area (Å²) in [6.07, 6.45) is 0. The fourth-order valence-corrected chi connectivity index (χ4v) is 2.50. The lowest BCUT2D eigenvalue weighted by Gasteiger charge is -2.26. The van der Waals surface area contributed by atoms with Gasteiger partial charge in [0.25, 0.3) is 0 Å². The van der Waals surface area contributed by atoms with Gasteiger partial charge in [-0.05, 0) is 35.9 Å². The quantitative estimate of drug-likeness (QED) is 0.717. The molecule has 4 nitrogen and oxygen atoms in total. The van der Waals surface area contributed by atoms with Crippen LogP contribution in [0.5, 0.6) is 0 Å². The molecule has 2 aromatic carbocycles. The first-order valence-corrected chi connectivity index (χ1v) is 7.15. The molecular weight excluding hydrogens is 288 g/mol. The summed E-state index contributed by atoms with van der Waals surface area (Å²) in [7, 11) is 0. The van der Waals surface area contributed by atoms with Crippen molar-refractivity contribution < 1.29 is 10.2 Å². The molecule has 0 amide bonds. The summed E-state index contributed by atoms with van der Waals surface area (Å²) in [6, 6.07) is 13.1. The predicted octanol–water partition coefficient (Wildman–Crippen LogP) is 2.38. The number of nitrogens with two attached hydrogens (primary N) is 1. The van der Waals surface area contributed by atoms with Gasteiger partial charge in [0.2, 0.25) is 0 Å². The molecule has 0 saturated carbocycles. The Morgan fingerprint density at radius 2 is 1.71 bits per heavy atom. The number of benzene rings is 2. The summed E-state index contributed by atoms with van der Waals surface area (Å²) in [4.78, 5) is 1.93. The van der Waals surface area contributed by atoms with E-state index in [0.717, 1.165) is 16.8 Å². The van der Waals surface area contributed by atoms with Gasteiger partial charge in [-0.15, -0.1) is 0 Å². The van der Waals surface area contributed by atoms with Crippen LogP contribution in [0.3, 0.4) is 0 Å². The molecule has 0 unspecified atom stereocenters. The highest BCUT2D eigenvalue weighted by molar-refractivity contribution is 6.30. The Balaban J connectivity index is 2.50. The van der Waals surface area contributed by atoms with Crippen molar-refractivity contribution in [1.82, 2.24) is 0 Å². The maximum Gasteiger partial charge on any atom is 0.0606 e. The molecule has 0 saturated heterocycles. The summed E-state index contributed by atoms with van der Waals surface area (Å²) >= 11 is 6.06. The average Bonchev–Trinajstić information content (AvgIpc) is 2.47. The Hall–Kier alpha value is -1.75. The van der Waals surface area contributed by atoms with Crippen LogP contribution in [-0.2, 0) is 0 Å². The van der Waals surface area contributed by atoms with Crippen LogP contribution in [0.4, 0.5) is 11.4 Å². The van der Waals surface area contributed by atoms with Crippen LogP contribution in [0.2, 0.25) is 5.02 Å². The fraction of sp³-hybridized carbons (Fsp3) is 0.250. The lowest BCUT2D eigenvalue weighted by Crippen LogP contribution is -2.30. The smallest absolute Gasteiger partial charge is 0.0606 e. The summed E-state index contributed by atoms with van der Waals surface area (Å²) in [5, 5.41) is 19.1. The number of halogens is 1. The van der Waals surface area contributed by atoms with Gasteiger partial charge < -0.3 is 20.8 Å². The van der Waals surface area contributed by atoms with E-state index in [4.69, 9.17) is 17.3 Å². The molecule has 0 bridgehead atoms. The summed E-state index contributed by atoms with van der Waals surface area (Å²) < 4.78 is 0. The number of aliphatic hydroxyl groups excluding tert-OH is 2. The summed E-state index contributed by atoms with van der Waals surface area (Å²) in [5.74, 6) is 0. The second-order valence-electron chi connectivity index (χ2n) is 4.72. The lowest BCUT2D eigenvalue weighted by atomic mass is 10.0. The van der Waals surface area contributed by atoms with Crippen LogP contribution in [0.15, 0.2) is 42.5 Å². The third-order valence-electron chi connectivity index (χ3n) is 3.24. The van der Waals surface area contributed by atoms with Crippen LogP contribution in [0, 0.1) is 0 Å². The van der Waals surface area contributed by atoms with Crippen LogP contribution >= 0.6 is 11.6 Å². The van der Waals surface area contributed by atoms with Crippen molar-refractivity contribution in [3.8, 4) is 11.1 Å². The van der Waals surface area contributed by atoms with Crippen LogP contribution < -0.4 is 10.6 Å². The molecule has 2 aromatic rings. The highest BCUT2D eigenvalue weighted by Crippen LogP contribution is 2.33. The number of nitrogen functional groups attached to an aromatic ring is 1. The van der Waals surface area contributed by atoms with Crippen LogP contribution in [0.1, 0.15) is 0 Å². The van der Waals surface area contributed by atoms with Crippen molar-refractivity contribution in [2.45, 2.75) is 0 Å². The van der Waals surface area contributed by atoms with Crippen molar-refractivity contribution in [3.05, 3.63) is 47.5 Å². The second kappa shape index (κ2) is 7.31. The van der Waals surface area contributed by atoms with E-state index in [9.17, 15) is 10.2 Å². The fourth-order valence-electron chi connectivity index (χ4n) is 2.31. The van der Waals surface area contributed by atoms with Gasteiger partial charge in [-0.25, -0.2) is 0 Å². The van der Waals surface area contributed by atoms with Crippen molar-refractivity contribution in [2.75, 3.05) is 36.9 Å². The van der Waals surface area contributed by atoms with E-state index in [1.54, 1.807) is 0 Å². The molecule has 0 aliphatic rings. The second-order valence-corrected chi connectivity index (χ2v) is 5.16. The molecule has 0 fully saturated rings. The normalized spacial score (nSPS) is 10.6. The first-order valence-electron chi connectivity index (χ1n) is 6.78. The highest BCUT2D eigenvalue weighted by atomic mass is 35.5. The molecule has 0 spiro atoms. The first-order chi connectivity index (χ1) is 10.2. The van der Waals surface area contributed by atoms with E-state index in [2.05, 4.69) is 0 Å². The molecule has 2 rings (SSSR count). The number of rotatable bonds is 6. The maximum atomic E-state index is 9.22. The molecule has 21 heavy (non-hydrogen) atoms. The minimum absolute atomic E-state index is 0.0133. The number of hydrogen-bond donors (Lipinski definition) is 3. The van der Waals surface area contributed by atoms with Crippen molar-refractivity contribution in [1.29, 1.82) is 0 Å². The average molecular weight is 307 g/mol. The topological polar surface area (TPSA) is 69.7 Å². The number of aliphatic hydroxyl groups is 2. The molecule has 0 aromatic heterocycles. The third-order valence-corrected chi connectivity index (χ3v) is 3.47. The predicted molar refractivity (Wildman–Crippen MR) is 87.7 cm³/mol. The Morgan fingerprint density at radius 3 is 2.33 bits per heavy atom. The van der Waals surface area contributed by atoms with Gasteiger partial charge in [-0.2, -0.15) is 0 Å². The van der Waals surface area contributed by atoms with Crippen molar-refractivity contribution >= 4 is 23.0 Å². The zero-order chi connectivity index (χ0) is 15.2. The zero-order valence-electron chi connectivity index (χ0n) is 11.7. The van der Waals surface area contributed by atoms with Gasteiger partial charge >= 0.3 is 0 Å². The van der Waals surface area contributed by atoms with E-state index < -0.39 is 0 Å². The van der Waals surface area contributed by atoms with Crippen molar-refractivity contribution in [2.24, 2.45) is 0 Å². The standard InChI is InChI=1S/C16H19ClN2O2/c17-13-3-1-2-12(10-13)15-11-14(18)4-5-16(15)19(6-8-20)7-9-21/h1-5,10-11,20-21H,6-9,18H2. The first kappa shape index (κ1) is 15.6. The molecule has 4 N–H and O–H groups in total. The van der Waals surface area contributed by atoms with Gasteiger partial charge in [0, 0.05) is 35.1 Å². The molecule has 0 aliphatic heterocycles. The lowest BCUT2D eigenvalue weighted by molar-refractivity contribution is 0.281. The zero-order valence-corrected chi connectivity index (χ0v) is 12.4. The van der Waals surface area contributed by atoms with E-state index >= 15 is 0 Å². The van der Waals surface area contributed by atoms with Gasteiger partial charge in [0.1, 0.15) is 0 Å². The Labute approximate surface area is 129 Å². The third kappa shape index (κ3) is 3.88. The minimum Gasteiger partial charge on any atom is -0.399 e. The van der Waals surface area contributed by atoms with Crippen LogP contribution in [-0.4, -0.2) is 36.5 Å². The largest absolute Gasteiger partial charge is 0.399 e. The SMILES string of the molecule is Nc1ccc(N(CCO)CCO)c(-c2cccc(Cl)c2)c1. The number of hydrogen-bond acceptors (Lipinski definition) is 4. The van der Waals surface area contributed by atoms with Gasteiger partial charge in [-0.1, -0.05) is 23.7 Å². The molecule has 5 heteroatoms. The molecular formula is C16H19ClN2O2. The van der Waals surface area contributed by atoms with E-state index in [-0.39, 0.29) is 13.2 Å². The minimum atomic E-state index is 0.0133. The maximum absolute atomic E-state index is 9.22. The van der Waals surface area contributed by atoms with Gasteiger partial charge in [-0.3, -0.25) is 0 Å². The van der Waals surface area contributed by atoms with Crippen molar-refractivity contribution in [3.63, 3.8) is 0 Å². The molecule has 0 heterocycles. The Morgan fingerprint density at radius 1 is 1.00 bits per heavy atom. The Bertz CT molecular complexity index is 599. The molecule has 0 radical (unpaired) electrons. The van der Waals surface area contributed by atoms with Gasteiger partial charge in [0.05, 0.1) is 13.2 Å². The van der Waals surface area contributed by atoms with E-state index in [1.807, 2.05) is 47.4 Å². The molecule has 112 valence electrons. The number of anilines is 2. The summed E-state index contributed by atoms with van der Waals surface area (Å²) in [6.45, 7) is 0.912. The van der Waals surface area contributed by atoms with Crippen LogP contribution in [0.25, 0.3) is 11.1 Å².